The van der Waals surface area contributed by atoms with Gasteiger partial charge in [-0.15, -0.1) is 0 Å². The van der Waals surface area contributed by atoms with E-state index in [9.17, 15) is 14.4 Å². The van der Waals surface area contributed by atoms with Gasteiger partial charge in [-0.1, -0.05) is 30.7 Å². The molecule has 3 amide bonds. The minimum absolute atomic E-state index is 0.0902. The lowest BCUT2D eigenvalue weighted by molar-refractivity contribution is -0.116. The number of nitrogens with two attached hydrogens (primary N) is 1. The van der Waals surface area contributed by atoms with Gasteiger partial charge >= 0.3 is 0 Å². The van der Waals surface area contributed by atoms with E-state index in [1.165, 1.54) is 0 Å². The molecule has 0 aromatic heterocycles. The predicted molar refractivity (Wildman–Crippen MR) is 107 cm³/mol. The molecule has 0 aliphatic heterocycles. The van der Waals surface area contributed by atoms with Crippen molar-refractivity contribution in [2.24, 2.45) is 5.73 Å². The highest BCUT2D eigenvalue weighted by Gasteiger charge is 2.11. The standard InChI is InChI=1S/C19H21ClN4O3/c1-2-5-17(25)23-12-8-9-14(20)16(10-12)24-18(26)11-22-15-7-4-3-6-13(15)19(21)27/h3-4,6-10,22H,2,5,11H2,1H3,(H2,21,27)(H,23,25)(H,24,26). The van der Waals surface area contributed by atoms with Gasteiger partial charge in [0.25, 0.3) is 5.91 Å². The number of benzene rings is 2. The maximum absolute atomic E-state index is 12.2. The highest BCUT2D eigenvalue weighted by atomic mass is 35.5. The van der Waals surface area contributed by atoms with Gasteiger partial charge in [-0.05, 0) is 36.8 Å². The van der Waals surface area contributed by atoms with Crippen LogP contribution in [0.1, 0.15) is 30.1 Å². The molecule has 27 heavy (non-hydrogen) atoms. The molecule has 0 fully saturated rings. The van der Waals surface area contributed by atoms with Gasteiger partial charge in [-0.25, -0.2) is 0 Å². The summed E-state index contributed by atoms with van der Waals surface area (Å²) >= 11 is 6.11. The molecule has 0 atom stereocenters. The molecule has 5 N–H and O–H groups in total. The Kier molecular flexibility index (Phi) is 7.19. The number of hydrogen-bond donors (Lipinski definition) is 4. The highest BCUT2D eigenvalue weighted by Crippen LogP contribution is 2.25. The number of primary amides is 1. The van der Waals surface area contributed by atoms with Crippen molar-refractivity contribution in [3.8, 4) is 0 Å². The van der Waals surface area contributed by atoms with Crippen LogP contribution in [0.5, 0.6) is 0 Å². The first-order valence-electron chi connectivity index (χ1n) is 8.42. The molecule has 0 aliphatic carbocycles. The summed E-state index contributed by atoms with van der Waals surface area (Å²) in [7, 11) is 0. The minimum atomic E-state index is -0.586. The third kappa shape index (κ3) is 6.00. The van der Waals surface area contributed by atoms with Gasteiger partial charge in [-0.3, -0.25) is 14.4 Å². The molecule has 0 aliphatic rings. The van der Waals surface area contributed by atoms with Crippen molar-refractivity contribution < 1.29 is 14.4 Å². The van der Waals surface area contributed by atoms with Crippen molar-refractivity contribution in [3.63, 3.8) is 0 Å². The van der Waals surface area contributed by atoms with Gasteiger partial charge in [0.15, 0.2) is 0 Å². The zero-order chi connectivity index (χ0) is 19.8. The molecule has 2 aromatic carbocycles. The number of halogens is 1. The molecule has 0 saturated heterocycles. The second-order valence-corrected chi connectivity index (χ2v) is 6.21. The van der Waals surface area contributed by atoms with Crippen molar-refractivity contribution in [3.05, 3.63) is 53.1 Å². The van der Waals surface area contributed by atoms with E-state index in [0.29, 0.717) is 34.1 Å². The Balaban J connectivity index is 2.01. The monoisotopic (exact) mass is 388 g/mol. The van der Waals surface area contributed by atoms with Gasteiger partial charge in [0.05, 0.1) is 22.8 Å². The summed E-state index contributed by atoms with van der Waals surface area (Å²) in [5.41, 5.74) is 6.99. The Hall–Kier alpha value is -3.06. The summed E-state index contributed by atoms with van der Waals surface area (Å²) in [6.45, 7) is 1.82. The number of nitrogens with one attached hydrogen (secondary N) is 3. The molecule has 0 spiro atoms. The fraction of sp³-hybridized carbons (Fsp3) is 0.211. The Morgan fingerprint density at radius 1 is 1.00 bits per heavy atom. The van der Waals surface area contributed by atoms with Crippen molar-refractivity contribution in [2.75, 3.05) is 22.5 Å². The quantitative estimate of drug-likeness (QED) is 0.556. The summed E-state index contributed by atoms with van der Waals surface area (Å²) in [5, 5.41) is 8.63. The zero-order valence-electron chi connectivity index (χ0n) is 14.8. The van der Waals surface area contributed by atoms with E-state index in [1.54, 1.807) is 42.5 Å². The van der Waals surface area contributed by atoms with E-state index < -0.39 is 5.91 Å². The number of anilines is 3. The number of carbonyl (C=O) groups is 3. The maximum atomic E-state index is 12.2. The van der Waals surface area contributed by atoms with Crippen LogP contribution in [0.15, 0.2) is 42.5 Å². The first kappa shape index (κ1) is 20.3. The molecule has 0 radical (unpaired) electrons. The van der Waals surface area contributed by atoms with E-state index >= 15 is 0 Å². The average molecular weight is 389 g/mol. The van der Waals surface area contributed by atoms with Crippen molar-refractivity contribution in [1.29, 1.82) is 0 Å². The number of para-hydroxylation sites is 1. The SMILES string of the molecule is CCCC(=O)Nc1ccc(Cl)c(NC(=O)CNc2ccccc2C(N)=O)c1. The molecule has 142 valence electrons. The van der Waals surface area contributed by atoms with E-state index in [0.717, 1.165) is 6.42 Å². The van der Waals surface area contributed by atoms with Gasteiger partial charge in [-0.2, -0.15) is 0 Å². The lowest BCUT2D eigenvalue weighted by Crippen LogP contribution is -2.23. The number of carbonyl (C=O) groups excluding carboxylic acids is 3. The largest absolute Gasteiger partial charge is 0.376 e. The lowest BCUT2D eigenvalue weighted by Gasteiger charge is -2.12. The fourth-order valence-electron chi connectivity index (χ4n) is 2.37. The van der Waals surface area contributed by atoms with Crippen LogP contribution in [0.2, 0.25) is 5.02 Å². The van der Waals surface area contributed by atoms with E-state index in [4.69, 9.17) is 17.3 Å². The first-order chi connectivity index (χ1) is 12.9. The molecule has 8 heteroatoms. The summed E-state index contributed by atoms with van der Waals surface area (Å²) in [5.74, 6) is -1.06. The van der Waals surface area contributed by atoms with Crippen molar-refractivity contribution in [1.82, 2.24) is 0 Å². The second kappa shape index (κ2) is 9.59. The van der Waals surface area contributed by atoms with Crippen LogP contribution in [0, 0.1) is 0 Å². The average Bonchev–Trinajstić information content (AvgIpc) is 2.63. The summed E-state index contributed by atoms with van der Waals surface area (Å²) < 4.78 is 0. The van der Waals surface area contributed by atoms with Gasteiger partial charge in [0.2, 0.25) is 11.8 Å². The second-order valence-electron chi connectivity index (χ2n) is 5.80. The third-order valence-corrected chi connectivity index (χ3v) is 3.96. The number of amides is 3. The van der Waals surface area contributed by atoms with Crippen LogP contribution in [0.4, 0.5) is 17.1 Å². The van der Waals surface area contributed by atoms with Gasteiger partial charge in [0, 0.05) is 17.8 Å². The Bertz CT molecular complexity index is 855. The van der Waals surface area contributed by atoms with E-state index in [-0.39, 0.29) is 18.4 Å². The van der Waals surface area contributed by atoms with Gasteiger partial charge < -0.3 is 21.7 Å². The predicted octanol–water partition coefficient (Wildman–Crippen LogP) is 3.23. The van der Waals surface area contributed by atoms with E-state index in [1.807, 2.05) is 6.92 Å². The Morgan fingerprint density at radius 3 is 2.44 bits per heavy atom. The summed E-state index contributed by atoms with van der Waals surface area (Å²) in [6, 6.07) is 11.5. The normalized spacial score (nSPS) is 10.1. The summed E-state index contributed by atoms with van der Waals surface area (Å²) in [6.07, 6.45) is 1.15. The van der Waals surface area contributed by atoms with Crippen LogP contribution >= 0.6 is 11.6 Å². The van der Waals surface area contributed by atoms with Crippen molar-refractivity contribution >= 4 is 46.4 Å². The van der Waals surface area contributed by atoms with Crippen molar-refractivity contribution in [2.45, 2.75) is 19.8 Å². The molecule has 0 bridgehead atoms. The lowest BCUT2D eigenvalue weighted by atomic mass is 10.1. The Morgan fingerprint density at radius 2 is 1.74 bits per heavy atom. The molecule has 0 saturated carbocycles. The Labute approximate surface area is 162 Å². The summed E-state index contributed by atoms with van der Waals surface area (Å²) in [4.78, 5) is 35.3. The number of rotatable bonds is 8. The van der Waals surface area contributed by atoms with Crippen LogP contribution in [0.3, 0.4) is 0 Å². The van der Waals surface area contributed by atoms with E-state index in [2.05, 4.69) is 16.0 Å². The fourth-order valence-corrected chi connectivity index (χ4v) is 2.54. The molecule has 2 aromatic rings. The molecule has 2 rings (SSSR count). The van der Waals surface area contributed by atoms with Crippen LogP contribution in [-0.4, -0.2) is 24.3 Å². The minimum Gasteiger partial charge on any atom is -0.376 e. The smallest absolute Gasteiger partial charge is 0.250 e. The van der Waals surface area contributed by atoms with Gasteiger partial charge in [0.1, 0.15) is 0 Å². The molecule has 7 nitrogen and oxygen atoms in total. The highest BCUT2D eigenvalue weighted by molar-refractivity contribution is 6.34. The topological polar surface area (TPSA) is 113 Å². The molecule has 0 unspecified atom stereocenters. The zero-order valence-corrected chi connectivity index (χ0v) is 15.6. The van der Waals surface area contributed by atoms with Crippen LogP contribution < -0.4 is 21.7 Å². The maximum Gasteiger partial charge on any atom is 0.250 e. The third-order valence-electron chi connectivity index (χ3n) is 3.63. The molecule has 0 heterocycles. The van der Waals surface area contributed by atoms with Crippen LogP contribution in [0.25, 0.3) is 0 Å². The first-order valence-corrected chi connectivity index (χ1v) is 8.80. The number of hydrogen-bond acceptors (Lipinski definition) is 4. The van der Waals surface area contributed by atoms with Crippen LogP contribution in [-0.2, 0) is 9.59 Å². The molecular weight excluding hydrogens is 368 g/mol. The molecular formula is C19H21ClN4O3.